The van der Waals surface area contributed by atoms with Gasteiger partial charge < -0.3 is 14.6 Å². The second-order valence-corrected chi connectivity index (χ2v) is 8.36. The molecule has 0 radical (unpaired) electrons. The van der Waals surface area contributed by atoms with Gasteiger partial charge in [0.05, 0.1) is 5.60 Å². The van der Waals surface area contributed by atoms with E-state index in [9.17, 15) is 9.50 Å². The number of rotatable bonds is 3. The highest BCUT2D eigenvalue weighted by molar-refractivity contribution is 5.45. The Labute approximate surface area is 164 Å². The molecule has 0 spiro atoms. The van der Waals surface area contributed by atoms with E-state index in [1.165, 1.54) is 6.07 Å². The van der Waals surface area contributed by atoms with Crippen LogP contribution in [-0.4, -0.2) is 28.9 Å². The van der Waals surface area contributed by atoms with Crippen molar-refractivity contribution in [3.8, 4) is 11.5 Å². The number of piperidine rings is 1. The molecule has 2 fully saturated rings. The Morgan fingerprint density at radius 2 is 1.96 bits per heavy atom. The van der Waals surface area contributed by atoms with Crippen LogP contribution in [-0.2, 0) is 6.54 Å². The lowest BCUT2D eigenvalue weighted by atomic mass is 9.66. The number of benzene rings is 2. The van der Waals surface area contributed by atoms with Crippen molar-refractivity contribution in [1.29, 1.82) is 0 Å². The van der Waals surface area contributed by atoms with Gasteiger partial charge in [-0.1, -0.05) is 31.0 Å². The van der Waals surface area contributed by atoms with E-state index in [4.69, 9.17) is 9.47 Å². The van der Waals surface area contributed by atoms with Crippen LogP contribution in [0.3, 0.4) is 0 Å². The van der Waals surface area contributed by atoms with Gasteiger partial charge in [-0.25, -0.2) is 4.39 Å². The molecule has 1 saturated heterocycles. The maximum absolute atomic E-state index is 13.7. The van der Waals surface area contributed by atoms with Crippen molar-refractivity contribution in [3.05, 3.63) is 59.4 Å². The lowest BCUT2D eigenvalue weighted by Crippen LogP contribution is -2.54. The summed E-state index contributed by atoms with van der Waals surface area (Å²) < 4.78 is 24.8. The molecule has 1 N–H and O–H groups in total. The third-order valence-corrected chi connectivity index (χ3v) is 6.68. The minimum atomic E-state index is -0.613. The Morgan fingerprint density at radius 1 is 1.07 bits per heavy atom. The van der Waals surface area contributed by atoms with Gasteiger partial charge in [0.25, 0.3) is 0 Å². The second kappa shape index (κ2) is 7.05. The number of ether oxygens (including phenoxy) is 2. The molecule has 28 heavy (non-hydrogen) atoms. The molecule has 1 saturated carbocycles. The minimum absolute atomic E-state index is 0.0804. The Hall–Kier alpha value is -2.11. The van der Waals surface area contributed by atoms with Crippen LogP contribution < -0.4 is 9.47 Å². The summed E-state index contributed by atoms with van der Waals surface area (Å²) in [6.07, 6.45) is 4.88. The minimum Gasteiger partial charge on any atom is -0.454 e. The van der Waals surface area contributed by atoms with E-state index < -0.39 is 5.60 Å². The zero-order valence-electron chi connectivity index (χ0n) is 15.9. The number of nitrogens with zero attached hydrogens (tertiary/aromatic N) is 1. The van der Waals surface area contributed by atoms with Crippen LogP contribution in [0.5, 0.6) is 11.5 Å². The predicted octanol–water partition coefficient (Wildman–Crippen LogP) is 4.42. The Bertz CT molecular complexity index is 873. The molecule has 2 heterocycles. The smallest absolute Gasteiger partial charge is 0.231 e. The number of fused-ring (bicyclic) bond motifs is 2. The van der Waals surface area contributed by atoms with Gasteiger partial charge in [-0.15, -0.1) is 0 Å². The van der Waals surface area contributed by atoms with Crippen molar-refractivity contribution in [3.63, 3.8) is 0 Å². The molecule has 2 aliphatic heterocycles. The molecule has 5 heteroatoms. The summed E-state index contributed by atoms with van der Waals surface area (Å²) >= 11 is 0. The summed E-state index contributed by atoms with van der Waals surface area (Å²) in [5.41, 5.74) is 1.50. The first-order chi connectivity index (χ1) is 13.6. The standard InChI is InChI=1S/C23H26FNO3/c24-18-5-3-4-16(12-18)14-25-11-10-23(26)9-2-1-6-19(23)22(25)17-7-8-20-21(13-17)28-15-27-20/h3-5,7-8,12-13,19,22,26H,1-2,6,9-11,14-15H2/t19-,22+,23-/m1/s1. The predicted molar refractivity (Wildman–Crippen MR) is 104 cm³/mol. The molecule has 0 aromatic heterocycles. The molecular weight excluding hydrogens is 357 g/mol. The third kappa shape index (κ3) is 3.16. The first-order valence-electron chi connectivity index (χ1n) is 10.2. The molecule has 5 rings (SSSR count). The highest BCUT2D eigenvalue weighted by atomic mass is 19.1. The largest absolute Gasteiger partial charge is 0.454 e. The summed E-state index contributed by atoms with van der Waals surface area (Å²) in [5, 5.41) is 11.4. The van der Waals surface area contributed by atoms with Crippen molar-refractivity contribution in [2.24, 2.45) is 5.92 Å². The van der Waals surface area contributed by atoms with Crippen LogP contribution >= 0.6 is 0 Å². The lowest BCUT2D eigenvalue weighted by Gasteiger charge is -2.52. The van der Waals surface area contributed by atoms with Crippen molar-refractivity contribution < 1.29 is 19.0 Å². The molecular formula is C23H26FNO3. The molecule has 3 atom stereocenters. The quantitative estimate of drug-likeness (QED) is 0.852. The van der Waals surface area contributed by atoms with Crippen LogP contribution in [0.2, 0.25) is 0 Å². The van der Waals surface area contributed by atoms with Crippen LogP contribution in [0.4, 0.5) is 4.39 Å². The first kappa shape index (κ1) is 18.0. The fourth-order valence-electron chi connectivity index (χ4n) is 5.33. The van der Waals surface area contributed by atoms with Gasteiger partial charge >= 0.3 is 0 Å². The fraction of sp³-hybridized carbons (Fsp3) is 0.478. The average Bonchev–Trinajstić information content (AvgIpc) is 3.16. The van der Waals surface area contributed by atoms with Crippen molar-refractivity contribution >= 4 is 0 Å². The Morgan fingerprint density at radius 3 is 2.86 bits per heavy atom. The first-order valence-corrected chi connectivity index (χ1v) is 10.2. The Kier molecular flexibility index (Phi) is 4.52. The van der Waals surface area contributed by atoms with Gasteiger partial charge in [0.15, 0.2) is 11.5 Å². The van der Waals surface area contributed by atoms with E-state index in [2.05, 4.69) is 17.0 Å². The maximum atomic E-state index is 13.7. The van der Waals surface area contributed by atoms with Gasteiger partial charge in [-0.2, -0.15) is 0 Å². The van der Waals surface area contributed by atoms with E-state index in [0.29, 0.717) is 6.54 Å². The van der Waals surface area contributed by atoms with E-state index in [1.54, 1.807) is 12.1 Å². The normalized spacial score (nSPS) is 29.5. The number of aliphatic hydroxyl groups is 1. The molecule has 0 amide bonds. The highest BCUT2D eigenvalue weighted by Gasteiger charge is 2.49. The summed E-state index contributed by atoms with van der Waals surface area (Å²) in [7, 11) is 0. The number of hydrogen-bond acceptors (Lipinski definition) is 4. The highest BCUT2D eigenvalue weighted by Crippen LogP contribution is 2.50. The average molecular weight is 383 g/mol. The number of halogens is 1. The van der Waals surface area contributed by atoms with Gasteiger partial charge in [0, 0.05) is 25.0 Å². The molecule has 1 aliphatic carbocycles. The summed E-state index contributed by atoms with van der Waals surface area (Å²) in [4.78, 5) is 2.40. The molecule has 2 aromatic rings. The van der Waals surface area contributed by atoms with Gasteiger partial charge in [-0.05, 0) is 54.7 Å². The monoisotopic (exact) mass is 383 g/mol. The molecule has 148 valence electrons. The Balaban J connectivity index is 1.51. The second-order valence-electron chi connectivity index (χ2n) is 8.36. The summed E-state index contributed by atoms with van der Waals surface area (Å²) in [6.45, 7) is 1.72. The maximum Gasteiger partial charge on any atom is 0.231 e. The van der Waals surface area contributed by atoms with Crippen molar-refractivity contribution in [1.82, 2.24) is 4.90 Å². The van der Waals surface area contributed by atoms with Gasteiger partial charge in [-0.3, -0.25) is 4.90 Å². The topological polar surface area (TPSA) is 41.9 Å². The van der Waals surface area contributed by atoms with E-state index >= 15 is 0 Å². The zero-order chi connectivity index (χ0) is 19.1. The summed E-state index contributed by atoms with van der Waals surface area (Å²) in [5.74, 6) is 1.51. The van der Waals surface area contributed by atoms with Crippen molar-refractivity contribution in [2.75, 3.05) is 13.3 Å². The zero-order valence-corrected chi connectivity index (χ0v) is 15.9. The van der Waals surface area contributed by atoms with Crippen LogP contribution in [0.15, 0.2) is 42.5 Å². The molecule has 4 nitrogen and oxygen atoms in total. The molecule has 3 aliphatic rings. The van der Waals surface area contributed by atoms with Gasteiger partial charge in [0.1, 0.15) is 5.82 Å². The lowest BCUT2D eigenvalue weighted by molar-refractivity contribution is -0.126. The summed E-state index contributed by atoms with van der Waals surface area (Å²) in [6, 6.07) is 13.0. The van der Waals surface area contributed by atoms with Crippen LogP contribution in [0.25, 0.3) is 0 Å². The molecule has 0 unspecified atom stereocenters. The number of hydrogen-bond donors (Lipinski definition) is 1. The molecule has 0 bridgehead atoms. The third-order valence-electron chi connectivity index (χ3n) is 6.68. The van der Waals surface area contributed by atoms with Gasteiger partial charge in [0.2, 0.25) is 6.79 Å². The SMILES string of the molecule is O[C@@]12CCCC[C@@H]1[C@H](c1ccc3c(c1)OCO3)N(Cc1cccc(F)c1)CC2. The van der Waals surface area contributed by atoms with E-state index in [1.807, 2.05) is 12.1 Å². The molecule has 2 aromatic carbocycles. The fourth-order valence-corrected chi connectivity index (χ4v) is 5.33. The van der Waals surface area contributed by atoms with E-state index in [-0.39, 0.29) is 24.6 Å². The van der Waals surface area contributed by atoms with Crippen molar-refractivity contribution in [2.45, 2.75) is 50.3 Å². The van der Waals surface area contributed by atoms with Crippen LogP contribution in [0, 0.1) is 11.7 Å². The number of likely N-dealkylation sites (tertiary alicyclic amines) is 1. The van der Waals surface area contributed by atoms with E-state index in [0.717, 1.165) is 61.3 Å². The van der Waals surface area contributed by atoms with Crippen LogP contribution in [0.1, 0.15) is 49.3 Å².